The number of methoxy groups -OCH3 is 1. The van der Waals surface area contributed by atoms with Crippen molar-refractivity contribution in [2.24, 2.45) is 0 Å². The van der Waals surface area contributed by atoms with E-state index in [0.717, 1.165) is 56.2 Å². The Morgan fingerprint density at radius 2 is 1.93 bits per heavy atom. The summed E-state index contributed by atoms with van der Waals surface area (Å²) in [4.78, 5) is 15.0. The first-order valence-corrected chi connectivity index (χ1v) is 10.0. The fraction of sp³-hybridized carbons (Fsp3) is 0.500. The quantitative estimate of drug-likeness (QED) is 0.830. The highest BCUT2D eigenvalue weighted by molar-refractivity contribution is 5.95. The fourth-order valence-corrected chi connectivity index (χ4v) is 4.08. The van der Waals surface area contributed by atoms with E-state index in [1.807, 2.05) is 13.0 Å². The zero-order valence-corrected chi connectivity index (χ0v) is 16.7. The predicted octanol–water partition coefficient (Wildman–Crippen LogP) is 2.85. The molecule has 1 aromatic carbocycles. The molecule has 0 radical (unpaired) electrons. The van der Waals surface area contributed by atoms with Crippen LogP contribution in [0.1, 0.15) is 45.0 Å². The molecule has 1 N–H and O–H groups in total. The van der Waals surface area contributed by atoms with E-state index in [2.05, 4.69) is 22.3 Å². The molecule has 1 aromatic heterocycles. The lowest BCUT2D eigenvalue weighted by Gasteiger charge is -2.25. The van der Waals surface area contributed by atoms with Gasteiger partial charge in [0, 0.05) is 25.2 Å². The minimum absolute atomic E-state index is 0.114. The van der Waals surface area contributed by atoms with Crippen molar-refractivity contribution in [1.29, 1.82) is 0 Å². The third-order valence-corrected chi connectivity index (χ3v) is 5.63. The zero-order chi connectivity index (χ0) is 19.5. The van der Waals surface area contributed by atoms with Gasteiger partial charge in [-0.2, -0.15) is 0 Å². The van der Waals surface area contributed by atoms with E-state index in [9.17, 15) is 4.79 Å². The maximum Gasteiger partial charge on any atom is 0.255 e. The summed E-state index contributed by atoms with van der Waals surface area (Å²) in [6.45, 7) is 6.26. The highest BCUT2D eigenvalue weighted by atomic mass is 16.5. The highest BCUT2D eigenvalue weighted by Gasteiger charge is 2.19. The van der Waals surface area contributed by atoms with Crippen LogP contribution in [0.3, 0.4) is 0 Å². The van der Waals surface area contributed by atoms with Gasteiger partial charge in [-0.25, -0.2) is 0 Å². The number of hydrogen-bond acceptors (Lipinski definition) is 5. The molecule has 1 aliphatic heterocycles. The molecule has 6 heteroatoms. The first kappa shape index (κ1) is 19.0. The third kappa shape index (κ3) is 4.08. The first-order valence-electron chi connectivity index (χ1n) is 10.0. The Morgan fingerprint density at radius 1 is 1.18 bits per heavy atom. The lowest BCUT2D eigenvalue weighted by atomic mass is 10.0. The van der Waals surface area contributed by atoms with Crippen molar-refractivity contribution in [1.82, 2.24) is 10.2 Å². The van der Waals surface area contributed by atoms with Crippen molar-refractivity contribution in [2.75, 3.05) is 33.4 Å². The Balaban J connectivity index is 1.41. The molecule has 150 valence electrons. The summed E-state index contributed by atoms with van der Waals surface area (Å²) in [5.41, 5.74) is 4.36. The van der Waals surface area contributed by atoms with Crippen molar-refractivity contribution in [2.45, 2.75) is 39.3 Å². The lowest BCUT2D eigenvalue weighted by molar-refractivity contribution is 0.0312. The van der Waals surface area contributed by atoms with Gasteiger partial charge >= 0.3 is 0 Å². The van der Waals surface area contributed by atoms with Crippen LogP contribution in [0.25, 0.3) is 0 Å². The number of morpholine rings is 1. The van der Waals surface area contributed by atoms with Gasteiger partial charge in [-0.1, -0.05) is 6.07 Å². The molecule has 4 rings (SSSR count). The fourth-order valence-electron chi connectivity index (χ4n) is 4.08. The SMILES string of the molecule is COc1cc2c(cc1CNC(=O)c1cc(CN3CCOCC3)oc1C)CCC2. The van der Waals surface area contributed by atoms with Gasteiger partial charge < -0.3 is 19.2 Å². The van der Waals surface area contributed by atoms with Crippen LogP contribution in [0.15, 0.2) is 22.6 Å². The van der Waals surface area contributed by atoms with E-state index >= 15 is 0 Å². The number of amides is 1. The Bertz CT molecular complexity index is 852. The molecule has 0 bridgehead atoms. The Hall–Kier alpha value is -2.31. The average molecular weight is 384 g/mol. The first-order chi connectivity index (χ1) is 13.6. The van der Waals surface area contributed by atoms with Crippen LogP contribution in [-0.4, -0.2) is 44.2 Å². The van der Waals surface area contributed by atoms with Gasteiger partial charge in [0.05, 0.1) is 32.4 Å². The van der Waals surface area contributed by atoms with E-state index < -0.39 is 0 Å². The van der Waals surface area contributed by atoms with Gasteiger partial charge in [-0.15, -0.1) is 0 Å². The standard InChI is InChI=1S/C22H28N2O4/c1-15-20(12-19(28-15)14-24-6-8-27-9-7-24)22(25)23-13-18-10-16-4-3-5-17(16)11-21(18)26-2/h10-12H,3-9,13-14H2,1-2H3,(H,23,25). The molecule has 28 heavy (non-hydrogen) atoms. The number of hydrogen-bond donors (Lipinski definition) is 1. The van der Waals surface area contributed by atoms with Crippen LogP contribution < -0.4 is 10.1 Å². The van der Waals surface area contributed by atoms with Gasteiger partial charge in [-0.3, -0.25) is 9.69 Å². The minimum atomic E-state index is -0.114. The van der Waals surface area contributed by atoms with Gasteiger partial charge in [-0.05, 0) is 49.4 Å². The maximum atomic E-state index is 12.7. The monoisotopic (exact) mass is 384 g/mol. The smallest absolute Gasteiger partial charge is 0.255 e. The normalized spacial score (nSPS) is 16.8. The van der Waals surface area contributed by atoms with E-state index in [1.165, 1.54) is 17.5 Å². The Morgan fingerprint density at radius 3 is 2.68 bits per heavy atom. The average Bonchev–Trinajstić information content (AvgIpc) is 3.31. The molecule has 0 unspecified atom stereocenters. The Labute approximate surface area is 165 Å². The molecule has 1 saturated heterocycles. The molecule has 2 aliphatic rings. The maximum absolute atomic E-state index is 12.7. The summed E-state index contributed by atoms with van der Waals surface area (Å²) in [6, 6.07) is 6.15. The van der Waals surface area contributed by atoms with E-state index in [4.69, 9.17) is 13.9 Å². The summed E-state index contributed by atoms with van der Waals surface area (Å²) in [5, 5.41) is 3.03. The molecule has 6 nitrogen and oxygen atoms in total. The summed E-state index contributed by atoms with van der Waals surface area (Å²) < 4.78 is 16.7. The number of rotatable bonds is 6. The number of carbonyl (C=O) groups is 1. The molecule has 2 heterocycles. The number of furan rings is 1. The summed E-state index contributed by atoms with van der Waals surface area (Å²) in [5.74, 6) is 2.20. The van der Waals surface area contributed by atoms with Crippen LogP contribution in [-0.2, 0) is 30.7 Å². The topological polar surface area (TPSA) is 63.9 Å². The lowest BCUT2D eigenvalue weighted by Crippen LogP contribution is -2.35. The number of carbonyl (C=O) groups excluding carboxylic acids is 1. The van der Waals surface area contributed by atoms with Crippen molar-refractivity contribution < 1.29 is 18.7 Å². The molecule has 1 aliphatic carbocycles. The minimum Gasteiger partial charge on any atom is -0.496 e. The van der Waals surface area contributed by atoms with E-state index in [-0.39, 0.29) is 5.91 Å². The predicted molar refractivity (Wildman–Crippen MR) is 106 cm³/mol. The number of fused-ring (bicyclic) bond motifs is 1. The van der Waals surface area contributed by atoms with Gasteiger partial charge in [0.15, 0.2) is 0 Å². The Kier molecular flexibility index (Phi) is 5.69. The third-order valence-electron chi connectivity index (χ3n) is 5.63. The number of ether oxygens (including phenoxy) is 2. The molecule has 0 spiro atoms. The van der Waals surface area contributed by atoms with Crippen molar-refractivity contribution in [3.63, 3.8) is 0 Å². The molecule has 1 fully saturated rings. The highest BCUT2D eigenvalue weighted by Crippen LogP contribution is 2.30. The van der Waals surface area contributed by atoms with Crippen molar-refractivity contribution in [3.05, 3.63) is 52.0 Å². The molecular weight excluding hydrogens is 356 g/mol. The number of aryl methyl sites for hydroxylation is 3. The van der Waals surface area contributed by atoms with Crippen LogP contribution in [0.2, 0.25) is 0 Å². The van der Waals surface area contributed by atoms with Gasteiger partial charge in [0.1, 0.15) is 17.3 Å². The number of nitrogens with one attached hydrogen (secondary N) is 1. The van der Waals surface area contributed by atoms with E-state index in [0.29, 0.717) is 24.4 Å². The van der Waals surface area contributed by atoms with Crippen molar-refractivity contribution in [3.8, 4) is 5.75 Å². The second-order valence-electron chi connectivity index (χ2n) is 7.54. The molecule has 0 atom stereocenters. The van der Waals surface area contributed by atoms with Crippen LogP contribution in [0.4, 0.5) is 0 Å². The second kappa shape index (κ2) is 8.37. The van der Waals surface area contributed by atoms with E-state index in [1.54, 1.807) is 7.11 Å². The van der Waals surface area contributed by atoms with Gasteiger partial charge in [0.2, 0.25) is 0 Å². The molecule has 1 amide bonds. The largest absolute Gasteiger partial charge is 0.496 e. The second-order valence-corrected chi connectivity index (χ2v) is 7.54. The number of benzene rings is 1. The molecular formula is C22H28N2O4. The van der Waals surface area contributed by atoms with Crippen LogP contribution in [0.5, 0.6) is 5.75 Å². The zero-order valence-electron chi connectivity index (χ0n) is 16.7. The summed E-state index contributed by atoms with van der Waals surface area (Å²) in [6.07, 6.45) is 3.40. The summed E-state index contributed by atoms with van der Waals surface area (Å²) >= 11 is 0. The van der Waals surface area contributed by atoms with Crippen LogP contribution in [0, 0.1) is 6.92 Å². The summed E-state index contributed by atoms with van der Waals surface area (Å²) in [7, 11) is 1.68. The van der Waals surface area contributed by atoms with Crippen LogP contribution >= 0.6 is 0 Å². The van der Waals surface area contributed by atoms with Crippen molar-refractivity contribution >= 4 is 5.91 Å². The molecule has 2 aromatic rings. The number of nitrogens with zero attached hydrogens (tertiary/aromatic N) is 1. The molecule has 0 saturated carbocycles. The van der Waals surface area contributed by atoms with Gasteiger partial charge in [0.25, 0.3) is 5.91 Å².